The van der Waals surface area contributed by atoms with E-state index in [0.29, 0.717) is 5.69 Å². The molecule has 118 valence electrons. The van der Waals surface area contributed by atoms with Crippen LogP contribution in [0, 0.1) is 5.82 Å². The molecule has 0 aromatic heterocycles. The predicted octanol–water partition coefficient (Wildman–Crippen LogP) is 3.45. The minimum Gasteiger partial charge on any atom is -0.478 e. The molecule has 0 amide bonds. The van der Waals surface area contributed by atoms with E-state index in [-0.39, 0.29) is 11.6 Å². The first-order valence-corrected chi connectivity index (χ1v) is 7.49. The van der Waals surface area contributed by atoms with Crippen molar-refractivity contribution < 1.29 is 14.3 Å². The van der Waals surface area contributed by atoms with E-state index in [1.807, 2.05) is 6.92 Å². The molecular weight excluding hydrogens is 271 g/mol. The van der Waals surface area contributed by atoms with Gasteiger partial charge in [-0.3, -0.25) is 0 Å². The van der Waals surface area contributed by atoms with Crippen LogP contribution in [0.1, 0.15) is 44.0 Å². The lowest BCUT2D eigenvalue weighted by molar-refractivity contribution is 0.0697. The van der Waals surface area contributed by atoms with Gasteiger partial charge < -0.3 is 15.3 Å². The van der Waals surface area contributed by atoms with Gasteiger partial charge in [0.1, 0.15) is 5.82 Å². The minimum atomic E-state index is -1.12. The van der Waals surface area contributed by atoms with Crippen molar-refractivity contribution >= 4 is 11.7 Å². The van der Waals surface area contributed by atoms with Gasteiger partial charge in [0.25, 0.3) is 0 Å². The summed E-state index contributed by atoms with van der Waals surface area (Å²) in [5, 5.41) is 12.3. The lowest BCUT2D eigenvalue weighted by atomic mass is 10.1. The zero-order valence-corrected chi connectivity index (χ0v) is 13.0. The van der Waals surface area contributed by atoms with Gasteiger partial charge >= 0.3 is 5.97 Å². The standard InChI is InChI=1S/C16H25FN2O2/c1-4-19(5-2)10-6-7-12(3)18-15-9-8-13(17)11-14(15)16(20)21/h8-9,11-12,18H,4-7,10H2,1-3H3,(H,20,21). The highest BCUT2D eigenvalue weighted by Crippen LogP contribution is 2.19. The second kappa shape index (κ2) is 8.62. The van der Waals surface area contributed by atoms with E-state index in [1.54, 1.807) is 0 Å². The molecule has 4 nitrogen and oxygen atoms in total. The van der Waals surface area contributed by atoms with Crippen molar-refractivity contribution in [1.82, 2.24) is 4.90 Å². The van der Waals surface area contributed by atoms with Gasteiger partial charge in [-0.15, -0.1) is 0 Å². The molecule has 1 aromatic carbocycles. The summed E-state index contributed by atoms with van der Waals surface area (Å²) in [4.78, 5) is 13.5. The Hall–Kier alpha value is -1.62. The summed E-state index contributed by atoms with van der Waals surface area (Å²) in [5.74, 6) is -1.65. The Morgan fingerprint density at radius 1 is 1.38 bits per heavy atom. The van der Waals surface area contributed by atoms with Crippen LogP contribution in [-0.4, -0.2) is 41.7 Å². The topological polar surface area (TPSA) is 52.6 Å². The van der Waals surface area contributed by atoms with Crippen LogP contribution in [0.2, 0.25) is 0 Å². The van der Waals surface area contributed by atoms with Crippen molar-refractivity contribution in [2.45, 2.75) is 39.7 Å². The quantitative estimate of drug-likeness (QED) is 0.733. The zero-order valence-electron chi connectivity index (χ0n) is 13.0. The van der Waals surface area contributed by atoms with Gasteiger partial charge in [-0.1, -0.05) is 13.8 Å². The van der Waals surface area contributed by atoms with Gasteiger partial charge in [0, 0.05) is 11.7 Å². The van der Waals surface area contributed by atoms with Crippen LogP contribution in [0.25, 0.3) is 0 Å². The first kappa shape index (κ1) is 17.4. The third-order valence-electron chi connectivity index (χ3n) is 3.62. The maximum atomic E-state index is 13.1. The number of rotatable bonds is 9. The largest absolute Gasteiger partial charge is 0.478 e. The Bertz CT molecular complexity index is 462. The van der Waals surface area contributed by atoms with E-state index >= 15 is 0 Å². The molecule has 0 aliphatic rings. The molecule has 0 radical (unpaired) electrons. The minimum absolute atomic E-state index is 0.0226. The van der Waals surface area contributed by atoms with Crippen LogP contribution in [0.5, 0.6) is 0 Å². The second-order valence-electron chi connectivity index (χ2n) is 5.21. The lowest BCUT2D eigenvalue weighted by Gasteiger charge is -2.20. The predicted molar refractivity (Wildman–Crippen MR) is 83.5 cm³/mol. The monoisotopic (exact) mass is 296 g/mol. The molecule has 0 bridgehead atoms. The molecule has 0 saturated heterocycles. The second-order valence-corrected chi connectivity index (χ2v) is 5.21. The number of carboxylic acids is 1. The molecule has 0 spiro atoms. The van der Waals surface area contributed by atoms with Crippen molar-refractivity contribution in [1.29, 1.82) is 0 Å². The fourth-order valence-corrected chi connectivity index (χ4v) is 2.32. The number of halogens is 1. The summed E-state index contributed by atoms with van der Waals surface area (Å²) in [6, 6.07) is 3.95. The summed E-state index contributed by atoms with van der Waals surface area (Å²) in [6.07, 6.45) is 1.98. The highest BCUT2D eigenvalue weighted by Gasteiger charge is 2.13. The Morgan fingerprint density at radius 3 is 2.62 bits per heavy atom. The number of nitrogens with zero attached hydrogens (tertiary/aromatic N) is 1. The maximum absolute atomic E-state index is 13.1. The van der Waals surface area contributed by atoms with Crippen LogP contribution in [0.3, 0.4) is 0 Å². The first-order valence-electron chi connectivity index (χ1n) is 7.49. The van der Waals surface area contributed by atoms with E-state index in [2.05, 4.69) is 24.1 Å². The third-order valence-corrected chi connectivity index (χ3v) is 3.62. The number of aromatic carboxylic acids is 1. The molecule has 1 atom stereocenters. The molecule has 1 unspecified atom stereocenters. The van der Waals surface area contributed by atoms with Crippen LogP contribution < -0.4 is 5.32 Å². The van der Waals surface area contributed by atoms with E-state index < -0.39 is 11.8 Å². The molecule has 0 saturated carbocycles. The Labute approximate surface area is 126 Å². The molecule has 1 aromatic rings. The number of hydrogen-bond acceptors (Lipinski definition) is 3. The van der Waals surface area contributed by atoms with Gasteiger partial charge in [-0.05, 0) is 57.6 Å². The normalized spacial score (nSPS) is 12.4. The number of hydrogen-bond donors (Lipinski definition) is 2. The van der Waals surface area contributed by atoms with Crippen LogP contribution in [-0.2, 0) is 0 Å². The SMILES string of the molecule is CCN(CC)CCCC(C)Nc1ccc(F)cc1C(=O)O. The highest BCUT2D eigenvalue weighted by atomic mass is 19.1. The van der Waals surface area contributed by atoms with Crippen LogP contribution in [0.15, 0.2) is 18.2 Å². The van der Waals surface area contributed by atoms with Crippen molar-refractivity contribution in [3.8, 4) is 0 Å². The number of carbonyl (C=O) groups is 1. The summed E-state index contributed by atoms with van der Waals surface area (Å²) < 4.78 is 13.1. The smallest absolute Gasteiger partial charge is 0.337 e. The van der Waals surface area contributed by atoms with E-state index in [9.17, 15) is 9.18 Å². The molecule has 0 aliphatic carbocycles. The Balaban J connectivity index is 2.55. The van der Waals surface area contributed by atoms with Crippen LogP contribution >= 0.6 is 0 Å². The number of nitrogens with one attached hydrogen (secondary N) is 1. The molecule has 0 fully saturated rings. The van der Waals surface area contributed by atoms with Crippen molar-refractivity contribution in [2.24, 2.45) is 0 Å². The van der Waals surface area contributed by atoms with Gasteiger partial charge in [0.05, 0.1) is 5.56 Å². The molecule has 0 heterocycles. The number of anilines is 1. The lowest BCUT2D eigenvalue weighted by Crippen LogP contribution is -2.26. The van der Waals surface area contributed by atoms with Crippen LogP contribution in [0.4, 0.5) is 10.1 Å². The first-order chi connectivity index (χ1) is 9.97. The summed E-state index contributed by atoms with van der Waals surface area (Å²) in [6.45, 7) is 9.41. The molecule has 21 heavy (non-hydrogen) atoms. The fraction of sp³-hybridized carbons (Fsp3) is 0.562. The van der Waals surface area contributed by atoms with E-state index in [1.165, 1.54) is 12.1 Å². The number of carboxylic acid groups (broad SMARTS) is 1. The van der Waals surface area contributed by atoms with E-state index in [4.69, 9.17) is 5.11 Å². The number of benzene rings is 1. The highest BCUT2D eigenvalue weighted by molar-refractivity contribution is 5.94. The van der Waals surface area contributed by atoms with Gasteiger partial charge in [-0.25, -0.2) is 9.18 Å². The average molecular weight is 296 g/mol. The molecule has 2 N–H and O–H groups in total. The molecule has 0 aliphatic heterocycles. The van der Waals surface area contributed by atoms with Gasteiger partial charge in [-0.2, -0.15) is 0 Å². The maximum Gasteiger partial charge on any atom is 0.337 e. The fourth-order valence-electron chi connectivity index (χ4n) is 2.32. The van der Waals surface area contributed by atoms with Crippen molar-refractivity contribution in [3.63, 3.8) is 0 Å². The molecular formula is C16H25FN2O2. The van der Waals surface area contributed by atoms with Gasteiger partial charge in [0.2, 0.25) is 0 Å². The van der Waals surface area contributed by atoms with Crippen molar-refractivity contribution in [2.75, 3.05) is 25.0 Å². The summed E-state index contributed by atoms with van der Waals surface area (Å²) in [7, 11) is 0. The van der Waals surface area contributed by atoms with Crippen molar-refractivity contribution in [3.05, 3.63) is 29.6 Å². The third kappa shape index (κ3) is 5.71. The van der Waals surface area contributed by atoms with Gasteiger partial charge in [0.15, 0.2) is 0 Å². The summed E-state index contributed by atoms with van der Waals surface area (Å²) >= 11 is 0. The summed E-state index contributed by atoms with van der Waals surface area (Å²) in [5.41, 5.74) is 0.449. The zero-order chi connectivity index (χ0) is 15.8. The Kier molecular flexibility index (Phi) is 7.15. The Morgan fingerprint density at radius 2 is 2.05 bits per heavy atom. The molecule has 5 heteroatoms. The van der Waals surface area contributed by atoms with E-state index in [0.717, 1.165) is 38.5 Å². The molecule has 1 rings (SSSR count). The average Bonchev–Trinajstić information content (AvgIpc) is 2.45.